The zero-order chi connectivity index (χ0) is 12.5. The van der Waals surface area contributed by atoms with Crippen molar-refractivity contribution in [2.45, 2.75) is 39.7 Å². The van der Waals surface area contributed by atoms with Gasteiger partial charge in [0.2, 0.25) is 0 Å². The predicted octanol–water partition coefficient (Wildman–Crippen LogP) is 2.88. The first-order valence-electron chi connectivity index (χ1n) is 6.63. The highest BCUT2D eigenvalue weighted by atomic mass is 16.3. The molecule has 0 fully saturated rings. The molecule has 17 heavy (non-hydrogen) atoms. The van der Waals surface area contributed by atoms with E-state index in [9.17, 15) is 0 Å². The van der Waals surface area contributed by atoms with Crippen molar-refractivity contribution in [1.82, 2.24) is 5.32 Å². The van der Waals surface area contributed by atoms with Crippen LogP contribution in [0.25, 0.3) is 0 Å². The third-order valence-electron chi connectivity index (χ3n) is 3.12. The van der Waals surface area contributed by atoms with Gasteiger partial charge in [0.25, 0.3) is 0 Å². The van der Waals surface area contributed by atoms with Crippen LogP contribution in [0.3, 0.4) is 0 Å². The number of aliphatic hydroxyl groups excluding tert-OH is 1. The van der Waals surface area contributed by atoms with E-state index in [1.54, 1.807) is 0 Å². The van der Waals surface area contributed by atoms with E-state index in [1.807, 2.05) is 0 Å². The summed E-state index contributed by atoms with van der Waals surface area (Å²) in [6.45, 7) is 6.53. The fraction of sp³-hybridized carbons (Fsp3) is 0.600. The summed E-state index contributed by atoms with van der Waals surface area (Å²) in [4.78, 5) is 0. The summed E-state index contributed by atoms with van der Waals surface area (Å²) < 4.78 is 0. The van der Waals surface area contributed by atoms with E-state index in [1.165, 1.54) is 24.0 Å². The minimum atomic E-state index is 0.302. The third-order valence-corrected chi connectivity index (χ3v) is 3.12. The van der Waals surface area contributed by atoms with Crippen molar-refractivity contribution in [2.24, 2.45) is 5.92 Å². The maximum Gasteiger partial charge on any atom is 0.0434 e. The van der Waals surface area contributed by atoms with Crippen molar-refractivity contribution < 1.29 is 5.11 Å². The Morgan fingerprint density at radius 1 is 1.18 bits per heavy atom. The van der Waals surface area contributed by atoms with E-state index in [0.29, 0.717) is 12.5 Å². The second kappa shape index (κ2) is 8.26. The van der Waals surface area contributed by atoms with Crippen LogP contribution >= 0.6 is 0 Å². The predicted molar refractivity (Wildman–Crippen MR) is 73.0 cm³/mol. The first-order chi connectivity index (χ1) is 8.26. The maximum absolute atomic E-state index is 8.98. The van der Waals surface area contributed by atoms with Crippen LogP contribution in [0, 0.1) is 12.8 Å². The lowest BCUT2D eigenvalue weighted by Gasteiger charge is -2.15. The Labute approximate surface area is 105 Å². The van der Waals surface area contributed by atoms with Gasteiger partial charge in [-0.25, -0.2) is 0 Å². The van der Waals surface area contributed by atoms with Gasteiger partial charge in [0.05, 0.1) is 0 Å². The summed E-state index contributed by atoms with van der Waals surface area (Å²) in [6.07, 6.45) is 3.30. The summed E-state index contributed by atoms with van der Waals surface area (Å²) in [5, 5.41) is 12.5. The van der Waals surface area contributed by atoms with Gasteiger partial charge in [0.1, 0.15) is 0 Å². The normalized spacial score (nSPS) is 12.6. The number of hydrogen-bond donors (Lipinski definition) is 2. The zero-order valence-electron chi connectivity index (χ0n) is 11.1. The van der Waals surface area contributed by atoms with E-state index in [2.05, 4.69) is 43.4 Å². The molecule has 0 saturated carbocycles. The molecule has 0 saturated heterocycles. The monoisotopic (exact) mass is 235 g/mol. The SMILES string of the molecule is CCCC(CCO)CNCc1ccc(C)cc1. The highest BCUT2D eigenvalue weighted by Gasteiger charge is 2.06. The van der Waals surface area contributed by atoms with E-state index in [0.717, 1.165) is 19.5 Å². The number of nitrogens with one attached hydrogen (secondary N) is 1. The number of benzene rings is 1. The Hall–Kier alpha value is -0.860. The molecular formula is C15H25NO. The second-order valence-corrected chi connectivity index (χ2v) is 4.78. The van der Waals surface area contributed by atoms with Gasteiger partial charge < -0.3 is 10.4 Å². The van der Waals surface area contributed by atoms with Crippen LogP contribution in [-0.4, -0.2) is 18.3 Å². The molecule has 0 aliphatic carbocycles. The molecule has 2 nitrogen and oxygen atoms in total. The van der Waals surface area contributed by atoms with Gasteiger partial charge in [-0.05, 0) is 37.8 Å². The highest BCUT2D eigenvalue weighted by molar-refractivity contribution is 5.20. The number of aryl methyl sites for hydroxylation is 1. The Bertz CT molecular complexity index is 288. The molecule has 0 radical (unpaired) electrons. The topological polar surface area (TPSA) is 32.3 Å². The van der Waals surface area contributed by atoms with Crippen molar-refractivity contribution in [2.75, 3.05) is 13.2 Å². The molecule has 1 unspecified atom stereocenters. The Morgan fingerprint density at radius 3 is 2.47 bits per heavy atom. The van der Waals surface area contributed by atoms with Crippen LogP contribution in [0.2, 0.25) is 0 Å². The Kier molecular flexibility index (Phi) is 6.90. The van der Waals surface area contributed by atoms with Crippen LogP contribution in [0.5, 0.6) is 0 Å². The molecule has 1 atom stereocenters. The van der Waals surface area contributed by atoms with Gasteiger partial charge in [-0.3, -0.25) is 0 Å². The van der Waals surface area contributed by atoms with Gasteiger partial charge >= 0.3 is 0 Å². The Balaban J connectivity index is 2.27. The standard InChI is InChI=1S/C15H25NO/c1-3-4-14(9-10-17)11-16-12-15-7-5-13(2)6-8-15/h5-8,14,16-17H,3-4,9-12H2,1-2H3. The van der Waals surface area contributed by atoms with Crippen LogP contribution in [0.4, 0.5) is 0 Å². The van der Waals surface area contributed by atoms with Gasteiger partial charge in [0, 0.05) is 13.2 Å². The number of aliphatic hydroxyl groups is 1. The molecule has 1 rings (SSSR count). The quantitative estimate of drug-likeness (QED) is 0.726. The maximum atomic E-state index is 8.98. The summed E-state index contributed by atoms with van der Waals surface area (Å²) >= 11 is 0. The summed E-state index contributed by atoms with van der Waals surface area (Å²) in [7, 11) is 0. The molecule has 0 amide bonds. The molecule has 2 heteroatoms. The molecular weight excluding hydrogens is 210 g/mol. The average molecular weight is 235 g/mol. The summed E-state index contributed by atoms with van der Waals surface area (Å²) in [6, 6.07) is 8.63. The second-order valence-electron chi connectivity index (χ2n) is 4.78. The molecule has 1 aromatic carbocycles. The van der Waals surface area contributed by atoms with Crippen LogP contribution in [0.15, 0.2) is 24.3 Å². The van der Waals surface area contributed by atoms with Gasteiger partial charge in [-0.15, -0.1) is 0 Å². The van der Waals surface area contributed by atoms with Crippen LogP contribution in [-0.2, 0) is 6.54 Å². The zero-order valence-corrected chi connectivity index (χ0v) is 11.1. The summed E-state index contributed by atoms with van der Waals surface area (Å²) in [5.41, 5.74) is 2.63. The third kappa shape index (κ3) is 5.85. The van der Waals surface area contributed by atoms with Crippen molar-refractivity contribution >= 4 is 0 Å². The fourth-order valence-electron chi connectivity index (χ4n) is 2.07. The lowest BCUT2D eigenvalue weighted by Crippen LogP contribution is -2.23. The number of rotatable bonds is 8. The van der Waals surface area contributed by atoms with Gasteiger partial charge in [0.15, 0.2) is 0 Å². The smallest absolute Gasteiger partial charge is 0.0434 e. The summed E-state index contributed by atoms with van der Waals surface area (Å²) in [5.74, 6) is 0.607. The largest absolute Gasteiger partial charge is 0.396 e. The van der Waals surface area contributed by atoms with Gasteiger partial charge in [-0.2, -0.15) is 0 Å². The minimum absolute atomic E-state index is 0.302. The molecule has 0 bridgehead atoms. The molecule has 0 aliphatic heterocycles. The fourth-order valence-corrected chi connectivity index (χ4v) is 2.07. The minimum Gasteiger partial charge on any atom is -0.396 e. The van der Waals surface area contributed by atoms with Crippen molar-refractivity contribution in [3.8, 4) is 0 Å². The molecule has 0 aromatic heterocycles. The lowest BCUT2D eigenvalue weighted by atomic mass is 10.00. The van der Waals surface area contributed by atoms with E-state index in [-0.39, 0.29) is 0 Å². The van der Waals surface area contributed by atoms with Crippen molar-refractivity contribution in [3.05, 3.63) is 35.4 Å². The van der Waals surface area contributed by atoms with Crippen LogP contribution < -0.4 is 5.32 Å². The van der Waals surface area contributed by atoms with E-state index < -0.39 is 0 Å². The molecule has 0 spiro atoms. The Morgan fingerprint density at radius 2 is 1.88 bits per heavy atom. The lowest BCUT2D eigenvalue weighted by molar-refractivity contribution is 0.248. The molecule has 2 N–H and O–H groups in total. The van der Waals surface area contributed by atoms with Gasteiger partial charge in [-0.1, -0.05) is 43.2 Å². The highest BCUT2D eigenvalue weighted by Crippen LogP contribution is 2.10. The van der Waals surface area contributed by atoms with Crippen molar-refractivity contribution in [3.63, 3.8) is 0 Å². The molecule has 0 heterocycles. The molecule has 0 aliphatic rings. The van der Waals surface area contributed by atoms with E-state index >= 15 is 0 Å². The van der Waals surface area contributed by atoms with E-state index in [4.69, 9.17) is 5.11 Å². The first-order valence-corrected chi connectivity index (χ1v) is 6.63. The average Bonchev–Trinajstić information content (AvgIpc) is 2.32. The molecule has 1 aromatic rings. The first kappa shape index (κ1) is 14.2. The molecule has 96 valence electrons. The number of hydrogen-bond acceptors (Lipinski definition) is 2. The van der Waals surface area contributed by atoms with Crippen molar-refractivity contribution in [1.29, 1.82) is 0 Å². The van der Waals surface area contributed by atoms with Crippen LogP contribution in [0.1, 0.15) is 37.3 Å².